The minimum absolute atomic E-state index is 0.168. The van der Waals surface area contributed by atoms with Gasteiger partial charge in [0.15, 0.2) is 0 Å². The fraction of sp³-hybridized carbons (Fsp3) is 0.917. The normalized spacial score (nSPS) is 21.1. The summed E-state index contributed by atoms with van der Waals surface area (Å²) in [5.41, 5.74) is 5.55. The maximum atomic E-state index is 12.1. The lowest BCUT2D eigenvalue weighted by Crippen LogP contribution is -2.47. The Hall–Kier alpha value is -0.570. The van der Waals surface area contributed by atoms with E-state index >= 15 is 0 Å². The summed E-state index contributed by atoms with van der Waals surface area (Å²) in [7, 11) is 0. The summed E-state index contributed by atoms with van der Waals surface area (Å²) in [5.74, 6) is 0.168. The van der Waals surface area contributed by atoms with Gasteiger partial charge in [0.2, 0.25) is 5.91 Å². The van der Waals surface area contributed by atoms with Crippen LogP contribution >= 0.6 is 0 Å². The second kappa shape index (κ2) is 5.50. The van der Waals surface area contributed by atoms with E-state index in [2.05, 4.69) is 5.32 Å². The zero-order valence-electron chi connectivity index (χ0n) is 10.0. The SMILES string of the molecule is CC(C)NC(=O)C1(CN)CCCCCC1. The molecule has 0 aromatic rings. The molecule has 3 nitrogen and oxygen atoms in total. The Morgan fingerprint density at radius 3 is 2.20 bits per heavy atom. The Balaban J connectivity index is 2.68. The lowest BCUT2D eigenvalue weighted by atomic mass is 9.79. The van der Waals surface area contributed by atoms with Gasteiger partial charge < -0.3 is 11.1 Å². The summed E-state index contributed by atoms with van der Waals surface area (Å²) in [6.45, 7) is 4.49. The molecule has 0 saturated heterocycles. The maximum absolute atomic E-state index is 12.1. The highest BCUT2D eigenvalue weighted by Gasteiger charge is 2.37. The van der Waals surface area contributed by atoms with Gasteiger partial charge in [-0.1, -0.05) is 25.7 Å². The molecule has 0 aromatic heterocycles. The van der Waals surface area contributed by atoms with E-state index in [1.54, 1.807) is 0 Å². The van der Waals surface area contributed by atoms with Crippen molar-refractivity contribution in [3.05, 3.63) is 0 Å². The first kappa shape index (κ1) is 12.5. The van der Waals surface area contributed by atoms with Crippen LogP contribution < -0.4 is 11.1 Å². The highest BCUT2D eigenvalue weighted by molar-refractivity contribution is 5.83. The van der Waals surface area contributed by atoms with Crippen LogP contribution in [0.3, 0.4) is 0 Å². The van der Waals surface area contributed by atoms with E-state index in [4.69, 9.17) is 5.73 Å². The number of hydrogen-bond acceptors (Lipinski definition) is 2. The van der Waals surface area contributed by atoms with Gasteiger partial charge in [-0.25, -0.2) is 0 Å². The number of amides is 1. The van der Waals surface area contributed by atoms with Gasteiger partial charge in [-0.2, -0.15) is 0 Å². The summed E-state index contributed by atoms with van der Waals surface area (Å²) in [5, 5.41) is 3.01. The van der Waals surface area contributed by atoms with E-state index in [1.165, 1.54) is 12.8 Å². The molecule has 0 bridgehead atoms. The molecule has 0 unspecified atom stereocenters. The van der Waals surface area contributed by atoms with Crippen LogP contribution in [-0.4, -0.2) is 18.5 Å². The van der Waals surface area contributed by atoms with Crippen LogP contribution in [0.25, 0.3) is 0 Å². The van der Waals surface area contributed by atoms with Gasteiger partial charge in [0.25, 0.3) is 0 Å². The molecular formula is C12H24N2O. The van der Waals surface area contributed by atoms with Crippen molar-refractivity contribution in [3.8, 4) is 0 Å². The molecule has 1 saturated carbocycles. The molecule has 0 aromatic carbocycles. The number of carbonyl (C=O) groups excluding carboxylic acids is 1. The average Bonchev–Trinajstić information content (AvgIpc) is 2.42. The standard InChI is InChI=1S/C12H24N2O/c1-10(2)14-11(15)12(9-13)7-5-3-4-6-8-12/h10H,3-9,13H2,1-2H3,(H,14,15). The summed E-state index contributed by atoms with van der Waals surface area (Å²) >= 11 is 0. The van der Waals surface area contributed by atoms with Crippen molar-refractivity contribution in [3.63, 3.8) is 0 Å². The van der Waals surface area contributed by atoms with Crippen LogP contribution in [0.15, 0.2) is 0 Å². The number of carbonyl (C=O) groups is 1. The van der Waals surface area contributed by atoms with Crippen LogP contribution in [0, 0.1) is 5.41 Å². The monoisotopic (exact) mass is 212 g/mol. The minimum atomic E-state index is -0.277. The zero-order chi connectivity index (χ0) is 11.3. The zero-order valence-corrected chi connectivity index (χ0v) is 10.0. The summed E-state index contributed by atoms with van der Waals surface area (Å²) < 4.78 is 0. The summed E-state index contributed by atoms with van der Waals surface area (Å²) in [4.78, 5) is 12.1. The van der Waals surface area contributed by atoms with Crippen LogP contribution in [0.4, 0.5) is 0 Å². The van der Waals surface area contributed by atoms with Crippen LogP contribution in [0.2, 0.25) is 0 Å². The van der Waals surface area contributed by atoms with Gasteiger partial charge in [-0.15, -0.1) is 0 Å². The third kappa shape index (κ3) is 3.20. The molecule has 3 N–H and O–H groups in total. The fourth-order valence-corrected chi connectivity index (χ4v) is 2.34. The molecule has 88 valence electrons. The topological polar surface area (TPSA) is 55.1 Å². The third-order valence-electron chi connectivity index (χ3n) is 3.35. The molecule has 0 radical (unpaired) electrons. The third-order valence-corrected chi connectivity index (χ3v) is 3.35. The summed E-state index contributed by atoms with van der Waals surface area (Å²) in [6.07, 6.45) is 6.70. The van der Waals surface area contributed by atoms with Crippen molar-refractivity contribution < 1.29 is 4.79 Å². The van der Waals surface area contributed by atoms with E-state index in [9.17, 15) is 4.79 Å². The molecule has 0 atom stereocenters. The van der Waals surface area contributed by atoms with Crippen LogP contribution in [0.5, 0.6) is 0 Å². The van der Waals surface area contributed by atoms with Crippen LogP contribution in [-0.2, 0) is 4.79 Å². The Kier molecular flexibility index (Phi) is 4.58. The molecule has 1 aliphatic rings. The van der Waals surface area contributed by atoms with Crippen molar-refractivity contribution in [2.24, 2.45) is 11.1 Å². The maximum Gasteiger partial charge on any atom is 0.227 e. The van der Waals surface area contributed by atoms with Gasteiger partial charge in [0.05, 0.1) is 5.41 Å². The van der Waals surface area contributed by atoms with E-state index in [0.29, 0.717) is 6.54 Å². The predicted molar refractivity (Wildman–Crippen MR) is 62.5 cm³/mol. The van der Waals surface area contributed by atoms with Gasteiger partial charge in [0, 0.05) is 12.6 Å². The van der Waals surface area contributed by atoms with Crippen molar-refractivity contribution in [1.29, 1.82) is 0 Å². The number of nitrogens with one attached hydrogen (secondary N) is 1. The largest absolute Gasteiger partial charge is 0.353 e. The first-order chi connectivity index (χ1) is 7.10. The molecule has 1 fully saturated rings. The first-order valence-electron chi connectivity index (χ1n) is 6.12. The van der Waals surface area contributed by atoms with Gasteiger partial charge in [-0.05, 0) is 26.7 Å². The molecule has 0 spiro atoms. The Morgan fingerprint density at radius 1 is 1.27 bits per heavy atom. The van der Waals surface area contributed by atoms with Crippen molar-refractivity contribution >= 4 is 5.91 Å². The van der Waals surface area contributed by atoms with E-state index in [1.807, 2.05) is 13.8 Å². The highest BCUT2D eigenvalue weighted by Crippen LogP contribution is 2.34. The summed E-state index contributed by atoms with van der Waals surface area (Å²) in [6, 6.07) is 0.212. The Morgan fingerprint density at radius 2 is 1.80 bits per heavy atom. The smallest absolute Gasteiger partial charge is 0.227 e. The Labute approximate surface area is 92.8 Å². The van der Waals surface area contributed by atoms with E-state index in [-0.39, 0.29) is 17.4 Å². The molecule has 0 aliphatic heterocycles. The van der Waals surface area contributed by atoms with Gasteiger partial charge in [-0.3, -0.25) is 4.79 Å². The lowest BCUT2D eigenvalue weighted by Gasteiger charge is -2.30. The fourth-order valence-electron chi connectivity index (χ4n) is 2.34. The minimum Gasteiger partial charge on any atom is -0.353 e. The number of rotatable bonds is 3. The quantitative estimate of drug-likeness (QED) is 0.701. The van der Waals surface area contributed by atoms with Crippen molar-refractivity contribution in [2.45, 2.75) is 58.4 Å². The molecular weight excluding hydrogens is 188 g/mol. The molecule has 3 heteroatoms. The lowest BCUT2D eigenvalue weighted by molar-refractivity contribution is -0.131. The Bertz CT molecular complexity index is 206. The van der Waals surface area contributed by atoms with Gasteiger partial charge in [0.1, 0.15) is 0 Å². The molecule has 1 rings (SSSR count). The van der Waals surface area contributed by atoms with Gasteiger partial charge >= 0.3 is 0 Å². The predicted octanol–water partition coefficient (Wildman–Crippen LogP) is 1.81. The average molecular weight is 212 g/mol. The highest BCUT2D eigenvalue weighted by atomic mass is 16.2. The molecule has 1 amide bonds. The molecule has 15 heavy (non-hydrogen) atoms. The second-order valence-electron chi connectivity index (χ2n) is 5.03. The number of nitrogens with two attached hydrogens (primary N) is 1. The van der Waals surface area contributed by atoms with E-state index in [0.717, 1.165) is 25.7 Å². The first-order valence-corrected chi connectivity index (χ1v) is 6.12. The second-order valence-corrected chi connectivity index (χ2v) is 5.03. The molecule has 1 aliphatic carbocycles. The number of hydrogen-bond donors (Lipinski definition) is 2. The van der Waals surface area contributed by atoms with Crippen LogP contribution in [0.1, 0.15) is 52.4 Å². The van der Waals surface area contributed by atoms with Crippen molar-refractivity contribution in [2.75, 3.05) is 6.54 Å². The van der Waals surface area contributed by atoms with Crippen molar-refractivity contribution in [1.82, 2.24) is 5.32 Å². The molecule has 0 heterocycles. The van der Waals surface area contributed by atoms with E-state index < -0.39 is 0 Å².